The van der Waals surface area contributed by atoms with Crippen LogP contribution in [0.15, 0.2) is 41.0 Å². The van der Waals surface area contributed by atoms with Crippen molar-refractivity contribution in [1.29, 1.82) is 0 Å². The summed E-state index contributed by atoms with van der Waals surface area (Å²) in [6, 6.07) is 6.45. The Labute approximate surface area is 165 Å². The molecule has 2 aromatic rings. The maximum absolute atomic E-state index is 4.96. The number of aliphatic imine (C=N–C) groups is 1. The predicted octanol–water partition coefficient (Wildman–Crippen LogP) is 1.93. The second-order valence-corrected chi connectivity index (χ2v) is 7.69. The molecule has 3 rings (SSSR count). The molecule has 1 aliphatic heterocycles. The summed E-state index contributed by atoms with van der Waals surface area (Å²) in [6.07, 6.45) is 3.60. The van der Waals surface area contributed by atoms with Crippen molar-refractivity contribution in [1.82, 2.24) is 25.1 Å². The predicted molar refractivity (Wildman–Crippen MR) is 113 cm³/mol. The maximum Gasteiger partial charge on any atom is 0.225 e. The van der Waals surface area contributed by atoms with Gasteiger partial charge in [-0.3, -0.25) is 4.99 Å². The first kappa shape index (κ1) is 19.6. The summed E-state index contributed by atoms with van der Waals surface area (Å²) in [5.74, 6) is 1.80. The zero-order chi connectivity index (χ0) is 19.1. The monoisotopic (exact) mass is 387 g/mol. The highest BCUT2D eigenvalue weighted by Crippen LogP contribution is 2.23. The highest BCUT2D eigenvalue weighted by Gasteiger charge is 2.22. The molecule has 0 aromatic carbocycles. The van der Waals surface area contributed by atoms with E-state index in [1.54, 1.807) is 23.7 Å². The van der Waals surface area contributed by atoms with Crippen LogP contribution in [0.4, 0.5) is 5.95 Å². The maximum atomic E-state index is 4.96. The molecule has 27 heavy (non-hydrogen) atoms. The Bertz CT molecular complexity index is 694. The minimum atomic E-state index is 0.303. The minimum absolute atomic E-state index is 0.303. The van der Waals surface area contributed by atoms with Crippen molar-refractivity contribution in [2.75, 3.05) is 58.3 Å². The van der Waals surface area contributed by atoms with E-state index in [9.17, 15) is 0 Å². The third kappa shape index (κ3) is 5.17. The quantitative estimate of drug-likeness (QED) is 0.604. The summed E-state index contributed by atoms with van der Waals surface area (Å²) in [7, 11) is 4.23. The molecule has 0 spiro atoms. The van der Waals surface area contributed by atoms with Crippen molar-refractivity contribution in [2.24, 2.45) is 4.99 Å². The highest BCUT2D eigenvalue weighted by molar-refractivity contribution is 7.10. The number of anilines is 1. The molecule has 8 heteroatoms. The lowest BCUT2D eigenvalue weighted by atomic mass is 10.2. The molecule has 0 amide bonds. The van der Waals surface area contributed by atoms with Gasteiger partial charge in [-0.05, 0) is 38.5 Å². The fourth-order valence-corrected chi connectivity index (χ4v) is 4.07. The first-order valence-corrected chi connectivity index (χ1v) is 10.3. The number of hydrogen-bond acceptors (Lipinski definition) is 6. The van der Waals surface area contributed by atoms with Crippen molar-refractivity contribution in [3.8, 4) is 0 Å². The lowest BCUT2D eigenvalue weighted by molar-refractivity contribution is 0.307. The van der Waals surface area contributed by atoms with Crippen LogP contribution >= 0.6 is 11.3 Å². The molecule has 146 valence electrons. The number of nitrogens with one attached hydrogen (secondary N) is 1. The first-order valence-electron chi connectivity index (χ1n) is 9.44. The van der Waals surface area contributed by atoms with Crippen LogP contribution in [0.1, 0.15) is 17.8 Å². The van der Waals surface area contributed by atoms with E-state index in [1.807, 2.05) is 6.07 Å². The largest absolute Gasteiger partial charge is 0.357 e. The van der Waals surface area contributed by atoms with Gasteiger partial charge in [-0.25, -0.2) is 9.97 Å². The number of aromatic nitrogens is 2. The average Bonchev–Trinajstić information content (AvgIpc) is 3.22. The number of rotatable bonds is 6. The molecule has 1 fully saturated rings. The van der Waals surface area contributed by atoms with Gasteiger partial charge in [0.05, 0.1) is 12.6 Å². The van der Waals surface area contributed by atoms with E-state index < -0.39 is 0 Å². The standard InChI is InChI=1S/C19H29N7S/c1-4-20-18(23-15-16(24(2)3)17-7-5-14-27-17)25-10-12-26(13-11-25)19-21-8-6-9-22-19/h5-9,14,16H,4,10-13,15H2,1-3H3,(H,20,23). The second-order valence-electron chi connectivity index (χ2n) is 6.71. The summed E-state index contributed by atoms with van der Waals surface area (Å²) in [5.41, 5.74) is 0. The smallest absolute Gasteiger partial charge is 0.225 e. The number of nitrogens with zero attached hydrogens (tertiary/aromatic N) is 6. The van der Waals surface area contributed by atoms with E-state index >= 15 is 0 Å². The van der Waals surface area contributed by atoms with Crippen LogP contribution in [0, 0.1) is 0 Å². The normalized spacial score (nSPS) is 16.7. The van der Waals surface area contributed by atoms with E-state index in [4.69, 9.17) is 4.99 Å². The van der Waals surface area contributed by atoms with Crippen molar-refractivity contribution in [2.45, 2.75) is 13.0 Å². The van der Waals surface area contributed by atoms with Crippen LogP contribution in [0.2, 0.25) is 0 Å². The number of thiophene rings is 1. The molecule has 0 saturated carbocycles. The Morgan fingerprint density at radius 1 is 1.22 bits per heavy atom. The van der Waals surface area contributed by atoms with E-state index in [1.165, 1.54) is 4.88 Å². The van der Waals surface area contributed by atoms with Gasteiger partial charge in [0.1, 0.15) is 0 Å². The zero-order valence-electron chi connectivity index (χ0n) is 16.4. The summed E-state index contributed by atoms with van der Waals surface area (Å²) in [4.78, 5) is 21.8. The van der Waals surface area contributed by atoms with E-state index in [0.29, 0.717) is 6.04 Å². The third-order valence-electron chi connectivity index (χ3n) is 4.66. The van der Waals surface area contributed by atoms with Crippen LogP contribution in [-0.4, -0.2) is 79.1 Å². The minimum Gasteiger partial charge on any atom is -0.357 e. The highest BCUT2D eigenvalue weighted by atomic mass is 32.1. The third-order valence-corrected chi connectivity index (χ3v) is 5.63. The number of guanidine groups is 1. The first-order chi connectivity index (χ1) is 13.2. The average molecular weight is 388 g/mol. The van der Waals surface area contributed by atoms with Gasteiger partial charge in [0.25, 0.3) is 0 Å². The van der Waals surface area contributed by atoms with Gasteiger partial charge in [0.2, 0.25) is 5.95 Å². The molecule has 1 aliphatic rings. The Morgan fingerprint density at radius 3 is 2.56 bits per heavy atom. The van der Waals surface area contributed by atoms with Gasteiger partial charge >= 0.3 is 0 Å². The van der Waals surface area contributed by atoms with E-state index in [-0.39, 0.29) is 0 Å². The van der Waals surface area contributed by atoms with Crippen LogP contribution in [0.5, 0.6) is 0 Å². The van der Waals surface area contributed by atoms with Crippen LogP contribution in [0.3, 0.4) is 0 Å². The lowest BCUT2D eigenvalue weighted by Gasteiger charge is -2.36. The van der Waals surface area contributed by atoms with Gasteiger partial charge in [-0.15, -0.1) is 11.3 Å². The summed E-state index contributed by atoms with van der Waals surface area (Å²) >= 11 is 1.79. The summed E-state index contributed by atoms with van der Waals surface area (Å²) < 4.78 is 0. The molecule has 1 saturated heterocycles. The molecular formula is C19H29N7S. The van der Waals surface area contributed by atoms with Crippen LogP contribution in [-0.2, 0) is 0 Å². The molecular weight excluding hydrogens is 358 g/mol. The molecule has 2 aromatic heterocycles. The molecule has 1 atom stereocenters. The lowest BCUT2D eigenvalue weighted by Crippen LogP contribution is -2.53. The Balaban J connectivity index is 1.64. The van der Waals surface area contributed by atoms with Crippen molar-refractivity contribution < 1.29 is 0 Å². The Kier molecular flexibility index (Phi) is 7.00. The molecule has 1 N–H and O–H groups in total. The Hall–Kier alpha value is -2.19. The van der Waals surface area contributed by atoms with E-state index in [2.05, 4.69) is 68.5 Å². The van der Waals surface area contributed by atoms with Gasteiger partial charge in [0.15, 0.2) is 5.96 Å². The molecule has 1 unspecified atom stereocenters. The molecule has 0 radical (unpaired) electrons. The topological polar surface area (TPSA) is 59.9 Å². The number of likely N-dealkylation sites (N-methyl/N-ethyl adjacent to an activating group) is 1. The van der Waals surface area contributed by atoms with Crippen molar-refractivity contribution >= 4 is 23.2 Å². The number of piperazine rings is 1. The van der Waals surface area contributed by atoms with Crippen LogP contribution < -0.4 is 10.2 Å². The summed E-state index contributed by atoms with van der Waals surface area (Å²) in [6.45, 7) is 7.36. The van der Waals surface area contributed by atoms with Crippen molar-refractivity contribution in [3.05, 3.63) is 40.8 Å². The van der Waals surface area contributed by atoms with Gasteiger partial charge in [0, 0.05) is 50.0 Å². The molecule has 3 heterocycles. The Morgan fingerprint density at radius 2 is 1.96 bits per heavy atom. The molecule has 0 bridgehead atoms. The van der Waals surface area contributed by atoms with Crippen molar-refractivity contribution in [3.63, 3.8) is 0 Å². The molecule has 7 nitrogen and oxygen atoms in total. The van der Waals surface area contributed by atoms with E-state index in [0.717, 1.165) is 51.2 Å². The zero-order valence-corrected chi connectivity index (χ0v) is 17.2. The fourth-order valence-electron chi connectivity index (χ4n) is 3.16. The van der Waals surface area contributed by atoms with Crippen LogP contribution in [0.25, 0.3) is 0 Å². The fraction of sp³-hybridized carbons (Fsp3) is 0.526. The second kappa shape index (κ2) is 9.66. The van der Waals surface area contributed by atoms with Gasteiger partial charge in [-0.1, -0.05) is 6.07 Å². The van der Waals surface area contributed by atoms with Gasteiger partial charge in [-0.2, -0.15) is 0 Å². The SMILES string of the molecule is CCNC(=NCC(c1cccs1)N(C)C)N1CCN(c2ncccn2)CC1. The molecule has 0 aliphatic carbocycles. The summed E-state index contributed by atoms with van der Waals surface area (Å²) in [5, 5.41) is 5.59. The van der Waals surface area contributed by atoms with Gasteiger partial charge < -0.3 is 20.0 Å². The number of hydrogen-bond donors (Lipinski definition) is 1.